The lowest BCUT2D eigenvalue weighted by Crippen LogP contribution is -2.45. The van der Waals surface area contributed by atoms with Crippen LogP contribution in [-0.4, -0.2) is 49.1 Å². The molecule has 1 saturated carbocycles. The number of aliphatic imine (C=N–C) groups is 1. The maximum atomic E-state index is 4.85. The standard InChI is InChI=1S/C16H32N4.HI/c1-3-17-16(19-14-9-5-6-10-14)18-13-15-11-7-8-12-20(15)4-2;/h14-15H,3-13H2,1-2H3,(H2,17,18,19);1H. The highest BCUT2D eigenvalue weighted by Gasteiger charge is 2.21. The molecule has 2 N–H and O–H groups in total. The highest BCUT2D eigenvalue weighted by atomic mass is 127. The molecular formula is C16H33IN4. The first kappa shape index (κ1) is 19.0. The minimum absolute atomic E-state index is 0. The highest BCUT2D eigenvalue weighted by Crippen LogP contribution is 2.18. The summed E-state index contributed by atoms with van der Waals surface area (Å²) in [6, 6.07) is 1.29. The van der Waals surface area contributed by atoms with E-state index in [4.69, 9.17) is 4.99 Å². The number of hydrogen-bond acceptors (Lipinski definition) is 2. The van der Waals surface area contributed by atoms with Crippen LogP contribution in [0.1, 0.15) is 58.8 Å². The van der Waals surface area contributed by atoms with Gasteiger partial charge in [0.05, 0.1) is 6.54 Å². The summed E-state index contributed by atoms with van der Waals surface area (Å²) < 4.78 is 0. The Morgan fingerprint density at radius 3 is 2.48 bits per heavy atom. The van der Waals surface area contributed by atoms with Crippen molar-refractivity contribution >= 4 is 29.9 Å². The van der Waals surface area contributed by atoms with E-state index in [2.05, 4.69) is 29.4 Å². The zero-order valence-electron chi connectivity index (χ0n) is 13.7. The van der Waals surface area contributed by atoms with Crippen LogP contribution in [-0.2, 0) is 0 Å². The topological polar surface area (TPSA) is 39.7 Å². The fourth-order valence-electron chi connectivity index (χ4n) is 3.46. The van der Waals surface area contributed by atoms with Crippen molar-refractivity contribution in [2.24, 2.45) is 4.99 Å². The normalized spacial score (nSPS) is 24.7. The van der Waals surface area contributed by atoms with E-state index in [1.165, 1.54) is 51.5 Å². The largest absolute Gasteiger partial charge is 0.357 e. The Bertz CT molecular complexity index is 303. The van der Waals surface area contributed by atoms with Crippen molar-refractivity contribution in [3.8, 4) is 0 Å². The predicted molar refractivity (Wildman–Crippen MR) is 102 cm³/mol. The molecule has 1 aliphatic carbocycles. The Morgan fingerprint density at radius 2 is 1.81 bits per heavy atom. The number of likely N-dealkylation sites (N-methyl/N-ethyl adjacent to an activating group) is 1. The number of hydrogen-bond donors (Lipinski definition) is 2. The van der Waals surface area contributed by atoms with Gasteiger partial charge in [-0.05, 0) is 45.7 Å². The van der Waals surface area contributed by atoms with Crippen molar-refractivity contribution < 1.29 is 0 Å². The minimum atomic E-state index is 0. The first-order valence-corrected chi connectivity index (χ1v) is 8.62. The van der Waals surface area contributed by atoms with Gasteiger partial charge in [0, 0.05) is 18.6 Å². The lowest BCUT2D eigenvalue weighted by atomic mass is 10.0. The maximum Gasteiger partial charge on any atom is 0.191 e. The molecule has 5 heteroatoms. The van der Waals surface area contributed by atoms with Crippen LogP contribution in [0, 0.1) is 0 Å². The van der Waals surface area contributed by atoms with Gasteiger partial charge in [-0.25, -0.2) is 0 Å². The molecule has 21 heavy (non-hydrogen) atoms. The Labute approximate surface area is 147 Å². The van der Waals surface area contributed by atoms with E-state index >= 15 is 0 Å². The zero-order valence-corrected chi connectivity index (χ0v) is 16.1. The van der Waals surface area contributed by atoms with Gasteiger partial charge in [-0.2, -0.15) is 0 Å². The van der Waals surface area contributed by atoms with Gasteiger partial charge in [0.25, 0.3) is 0 Å². The van der Waals surface area contributed by atoms with Gasteiger partial charge in [-0.1, -0.05) is 26.2 Å². The molecule has 2 aliphatic rings. The molecule has 2 rings (SSSR count). The monoisotopic (exact) mass is 408 g/mol. The molecule has 0 aromatic carbocycles. The predicted octanol–water partition coefficient (Wildman–Crippen LogP) is 2.98. The van der Waals surface area contributed by atoms with Crippen molar-refractivity contribution in [3.05, 3.63) is 0 Å². The fourth-order valence-corrected chi connectivity index (χ4v) is 3.46. The SMILES string of the molecule is CCNC(=NCC1CCCCN1CC)NC1CCCC1.I. The van der Waals surface area contributed by atoms with Crippen molar-refractivity contribution in [3.63, 3.8) is 0 Å². The van der Waals surface area contributed by atoms with Crippen molar-refractivity contribution in [1.29, 1.82) is 0 Å². The van der Waals surface area contributed by atoms with Crippen LogP contribution in [0.5, 0.6) is 0 Å². The summed E-state index contributed by atoms with van der Waals surface area (Å²) in [5.41, 5.74) is 0. The molecule has 0 aromatic rings. The van der Waals surface area contributed by atoms with Crippen molar-refractivity contribution in [2.75, 3.05) is 26.2 Å². The van der Waals surface area contributed by atoms with Crippen LogP contribution < -0.4 is 10.6 Å². The lowest BCUT2D eigenvalue weighted by molar-refractivity contribution is 0.161. The average Bonchev–Trinajstić information content (AvgIpc) is 2.98. The van der Waals surface area contributed by atoms with Crippen molar-refractivity contribution in [2.45, 2.75) is 70.9 Å². The molecule has 0 bridgehead atoms. The molecule has 4 nitrogen and oxygen atoms in total. The number of guanidine groups is 1. The summed E-state index contributed by atoms with van der Waals surface area (Å²) in [4.78, 5) is 7.44. The highest BCUT2D eigenvalue weighted by molar-refractivity contribution is 14.0. The van der Waals surface area contributed by atoms with Crippen LogP contribution in [0.25, 0.3) is 0 Å². The van der Waals surface area contributed by atoms with Crippen molar-refractivity contribution in [1.82, 2.24) is 15.5 Å². The number of likely N-dealkylation sites (tertiary alicyclic amines) is 1. The van der Waals surface area contributed by atoms with Gasteiger partial charge < -0.3 is 10.6 Å². The van der Waals surface area contributed by atoms with E-state index in [1.807, 2.05) is 0 Å². The average molecular weight is 408 g/mol. The van der Waals surface area contributed by atoms with Gasteiger partial charge in [-0.3, -0.25) is 9.89 Å². The molecule has 2 fully saturated rings. The van der Waals surface area contributed by atoms with Gasteiger partial charge in [-0.15, -0.1) is 24.0 Å². The maximum absolute atomic E-state index is 4.85. The van der Waals surface area contributed by atoms with E-state index in [-0.39, 0.29) is 24.0 Å². The summed E-state index contributed by atoms with van der Waals surface area (Å²) in [5, 5.41) is 7.01. The molecule has 1 heterocycles. The third kappa shape index (κ3) is 6.30. The van der Waals surface area contributed by atoms with Crippen LogP contribution in [0.3, 0.4) is 0 Å². The van der Waals surface area contributed by atoms with Gasteiger partial charge in [0.2, 0.25) is 0 Å². The molecule has 1 saturated heterocycles. The second-order valence-electron chi connectivity index (χ2n) is 6.12. The Hall–Kier alpha value is -0.0400. The smallest absolute Gasteiger partial charge is 0.191 e. The second kappa shape index (κ2) is 10.6. The molecule has 1 unspecified atom stereocenters. The first-order chi connectivity index (χ1) is 9.83. The second-order valence-corrected chi connectivity index (χ2v) is 6.12. The summed E-state index contributed by atoms with van der Waals surface area (Å²) in [6.07, 6.45) is 9.36. The molecule has 0 radical (unpaired) electrons. The summed E-state index contributed by atoms with van der Waals surface area (Å²) in [7, 11) is 0. The Morgan fingerprint density at radius 1 is 1.10 bits per heavy atom. The van der Waals surface area contributed by atoms with Gasteiger partial charge in [0.1, 0.15) is 0 Å². The van der Waals surface area contributed by atoms with Crippen LogP contribution in [0.4, 0.5) is 0 Å². The quantitative estimate of drug-likeness (QED) is 0.418. The van der Waals surface area contributed by atoms with Gasteiger partial charge in [0.15, 0.2) is 5.96 Å². The summed E-state index contributed by atoms with van der Waals surface area (Å²) in [6.45, 7) is 8.71. The number of nitrogens with zero attached hydrogens (tertiary/aromatic N) is 2. The summed E-state index contributed by atoms with van der Waals surface area (Å²) >= 11 is 0. The number of rotatable bonds is 5. The van der Waals surface area contributed by atoms with Crippen LogP contribution in [0.2, 0.25) is 0 Å². The molecule has 1 aliphatic heterocycles. The molecule has 0 spiro atoms. The fraction of sp³-hybridized carbons (Fsp3) is 0.938. The third-order valence-corrected chi connectivity index (χ3v) is 4.66. The van der Waals surface area contributed by atoms with E-state index in [0.29, 0.717) is 12.1 Å². The number of halogens is 1. The number of nitrogens with one attached hydrogen (secondary N) is 2. The molecule has 124 valence electrons. The molecule has 1 atom stereocenters. The zero-order chi connectivity index (χ0) is 14.2. The number of piperidine rings is 1. The van der Waals surface area contributed by atoms with Gasteiger partial charge >= 0.3 is 0 Å². The van der Waals surface area contributed by atoms with Crippen LogP contribution in [0.15, 0.2) is 4.99 Å². The van der Waals surface area contributed by atoms with Crippen LogP contribution >= 0.6 is 24.0 Å². The Kier molecular flexibility index (Phi) is 9.64. The van der Waals surface area contributed by atoms with E-state index in [9.17, 15) is 0 Å². The molecular weight excluding hydrogens is 375 g/mol. The molecule has 0 amide bonds. The minimum Gasteiger partial charge on any atom is -0.357 e. The third-order valence-electron chi connectivity index (χ3n) is 4.66. The summed E-state index contributed by atoms with van der Waals surface area (Å²) in [5.74, 6) is 1.03. The van der Waals surface area contributed by atoms with E-state index < -0.39 is 0 Å². The molecule has 0 aromatic heterocycles. The Balaban J connectivity index is 0.00000220. The lowest BCUT2D eigenvalue weighted by Gasteiger charge is -2.34. The first-order valence-electron chi connectivity index (χ1n) is 8.62. The van der Waals surface area contributed by atoms with E-state index in [0.717, 1.165) is 25.6 Å². The van der Waals surface area contributed by atoms with E-state index in [1.54, 1.807) is 0 Å².